The number of hydrogen-bond acceptors (Lipinski definition) is 8. The Morgan fingerprint density at radius 3 is 2.44 bits per heavy atom. The van der Waals surface area contributed by atoms with Crippen molar-refractivity contribution in [3.8, 4) is 10.6 Å². The molecule has 2 aromatic heterocycles. The number of anilines is 1. The maximum atomic E-state index is 13.8. The summed E-state index contributed by atoms with van der Waals surface area (Å²) in [6, 6.07) is 2.94. The van der Waals surface area contributed by atoms with Crippen LogP contribution in [-0.2, 0) is 9.47 Å². The van der Waals surface area contributed by atoms with E-state index in [-0.39, 0.29) is 40.9 Å². The molecule has 0 spiro atoms. The number of halogens is 3. The number of benzene rings is 1. The Bertz CT molecular complexity index is 1240. The summed E-state index contributed by atoms with van der Waals surface area (Å²) in [5, 5.41) is 2.40. The van der Waals surface area contributed by atoms with Crippen molar-refractivity contribution in [2.75, 3.05) is 25.1 Å². The van der Waals surface area contributed by atoms with Crippen molar-refractivity contribution in [2.24, 2.45) is 0 Å². The summed E-state index contributed by atoms with van der Waals surface area (Å²) in [5.41, 5.74) is 0.155. The smallest absolute Gasteiger partial charge is 0.418 e. The summed E-state index contributed by atoms with van der Waals surface area (Å²) < 4.78 is 57.8. The van der Waals surface area contributed by atoms with Crippen LogP contribution in [-0.4, -0.2) is 65.0 Å². The lowest BCUT2D eigenvalue weighted by Gasteiger charge is -2.40. The quantitative estimate of drug-likeness (QED) is 0.427. The Kier molecular flexibility index (Phi) is 6.14. The van der Waals surface area contributed by atoms with E-state index in [1.54, 1.807) is 22.5 Å². The van der Waals surface area contributed by atoms with Crippen LogP contribution in [0.1, 0.15) is 45.3 Å². The van der Waals surface area contributed by atoms with Crippen LogP contribution >= 0.6 is 11.3 Å². The molecule has 4 heterocycles. The zero-order valence-corrected chi connectivity index (χ0v) is 21.2. The van der Waals surface area contributed by atoms with Gasteiger partial charge in [0.1, 0.15) is 16.1 Å². The van der Waals surface area contributed by atoms with E-state index in [1.807, 2.05) is 25.7 Å². The molecule has 5 rings (SSSR count). The number of alkyl halides is 3. The van der Waals surface area contributed by atoms with Gasteiger partial charge in [-0.05, 0) is 39.7 Å². The van der Waals surface area contributed by atoms with Crippen LogP contribution < -0.4 is 4.90 Å². The Labute approximate surface area is 210 Å². The summed E-state index contributed by atoms with van der Waals surface area (Å²) in [5.74, 6) is 0. The molecule has 1 aromatic carbocycles. The standard InChI is InChI=1S/C24H27F3N4O4S/c1-23(2,3)35-22(32)31-13-5-6-14(31)12-30(11-13)21-29-17-15(19(33-4)24(25,26)27)7-8-16(18(17)34-21)20-28-9-10-36-20/h7-10,13-14,19H,5-6,11-12H2,1-4H3. The number of thiazole rings is 1. The zero-order chi connectivity index (χ0) is 25.8. The monoisotopic (exact) mass is 524 g/mol. The van der Waals surface area contributed by atoms with Gasteiger partial charge in [-0.1, -0.05) is 6.07 Å². The summed E-state index contributed by atoms with van der Waals surface area (Å²) in [6.45, 7) is 6.36. The molecule has 0 N–H and O–H groups in total. The Balaban J connectivity index is 1.52. The first kappa shape index (κ1) is 24.8. The van der Waals surface area contributed by atoms with Gasteiger partial charge in [0.2, 0.25) is 0 Å². The van der Waals surface area contributed by atoms with Crippen LogP contribution in [0.15, 0.2) is 28.1 Å². The molecule has 2 saturated heterocycles. The van der Waals surface area contributed by atoms with E-state index in [0.29, 0.717) is 23.7 Å². The second-order valence-electron chi connectivity index (χ2n) is 10.0. The van der Waals surface area contributed by atoms with Gasteiger partial charge in [0.15, 0.2) is 11.7 Å². The first-order chi connectivity index (χ1) is 17.0. The van der Waals surface area contributed by atoms with Crippen molar-refractivity contribution in [3.63, 3.8) is 0 Å². The number of rotatable bonds is 4. The second-order valence-corrected chi connectivity index (χ2v) is 10.9. The minimum atomic E-state index is -4.62. The molecule has 3 aromatic rings. The van der Waals surface area contributed by atoms with Gasteiger partial charge < -0.3 is 18.8 Å². The number of piperazine rings is 1. The summed E-state index contributed by atoms with van der Waals surface area (Å²) in [6.07, 6.45) is -3.90. The fourth-order valence-electron chi connectivity index (χ4n) is 5.00. The van der Waals surface area contributed by atoms with Crippen LogP contribution in [0.25, 0.3) is 21.7 Å². The number of ether oxygens (including phenoxy) is 2. The van der Waals surface area contributed by atoms with E-state index < -0.39 is 17.9 Å². The molecule has 1 amide bonds. The number of methoxy groups -OCH3 is 1. The average Bonchev–Trinajstić information content (AvgIpc) is 3.50. The molecule has 194 valence electrons. The summed E-state index contributed by atoms with van der Waals surface area (Å²) >= 11 is 1.36. The van der Waals surface area contributed by atoms with Crippen molar-refractivity contribution in [2.45, 2.75) is 63.6 Å². The van der Waals surface area contributed by atoms with E-state index >= 15 is 0 Å². The molecule has 0 radical (unpaired) electrons. The van der Waals surface area contributed by atoms with Crippen LogP contribution in [0.2, 0.25) is 0 Å². The Morgan fingerprint density at radius 1 is 1.19 bits per heavy atom. The van der Waals surface area contributed by atoms with Crippen LogP contribution in [0, 0.1) is 0 Å². The van der Waals surface area contributed by atoms with Gasteiger partial charge in [-0.3, -0.25) is 4.90 Å². The fourth-order valence-corrected chi connectivity index (χ4v) is 5.66. The number of carbonyl (C=O) groups excluding carboxylic acids is 1. The molecule has 2 aliphatic heterocycles. The minimum absolute atomic E-state index is 0.0868. The van der Waals surface area contributed by atoms with E-state index in [1.165, 1.54) is 17.4 Å². The summed E-state index contributed by atoms with van der Waals surface area (Å²) in [7, 11) is 1.02. The number of oxazole rings is 1. The lowest BCUT2D eigenvalue weighted by Crippen LogP contribution is -2.56. The van der Waals surface area contributed by atoms with Gasteiger partial charge >= 0.3 is 12.3 Å². The molecule has 36 heavy (non-hydrogen) atoms. The van der Waals surface area contributed by atoms with Crippen molar-refractivity contribution in [1.82, 2.24) is 14.9 Å². The molecular weight excluding hydrogens is 497 g/mol. The van der Waals surface area contributed by atoms with Gasteiger partial charge in [0, 0.05) is 37.3 Å². The summed E-state index contributed by atoms with van der Waals surface area (Å²) in [4.78, 5) is 25.3. The number of hydrogen-bond donors (Lipinski definition) is 0. The lowest BCUT2D eigenvalue weighted by atomic mass is 10.0. The number of carbonyl (C=O) groups is 1. The molecular formula is C24H27F3N4O4S. The van der Waals surface area contributed by atoms with Gasteiger partial charge in [0.25, 0.3) is 6.01 Å². The van der Waals surface area contributed by atoms with Crippen LogP contribution in [0.3, 0.4) is 0 Å². The molecule has 3 unspecified atom stereocenters. The van der Waals surface area contributed by atoms with E-state index in [9.17, 15) is 18.0 Å². The number of fused-ring (bicyclic) bond motifs is 3. The van der Waals surface area contributed by atoms with E-state index in [4.69, 9.17) is 13.9 Å². The third-order valence-corrected chi connectivity index (χ3v) is 7.21. The van der Waals surface area contributed by atoms with Crippen molar-refractivity contribution in [1.29, 1.82) is 0 Å². The molecule has 0 aliphatic carbocycles. The van der Waals surface area contributed by atoms with Gasteiger partial charge in [-0.15, -0.1) is 11.3 Å². The molecule has 2 fully saturated rings. The number of aromatic nitrogens is 2. The van der Waals surface area contributed by atoms with Gasteiger partial charge in [-0.2, -0.15) is 18.2 Å². The first-order valence-electron chi connectivity index (χ1n) is 11.7. The highest BCUT2D eigenvalue weighted by Crippen LogP contribution is 2.43. The minimum Gasteiger partial charge on any atom is -0.444 e. The predicted molar refractivity (Wildman–Crippen MR) is 128 cm³/mol. The van der Waals surface area contributed by atoms with Gasteiger partial charge in [-0.25, -0.2) is 9.78 Å². The molecule has 12 heteroatoms. The molecule has 2 aliphatic rings. The van der Waals surface area contributed by atoms with Gasteiger partial charge in [0.05, 0.1) is 17.6 Å². The van der Waals surface area contributed by atoms with Crippen molar-refractivity contribution >= 4 is 34.5 Å². The first-order valence-corrected chi connectivity index (χ1v) is 12.5. The van der Waals surface area contributed by atoms with Crippen molar-refractivity contribution in [3.05, 3.63) is 29.3 Å². The van der Waals surface area contributed by atoms with E-state index in [2.05, 4.69) is 9.97 Å². The lowest BCUT2D eigenvalue weighted by molar-refractivity contribution is -0.215. The fraction of sp³-hybridized carbons (Fsp3) is 0.542. The Hall–Kier alpha value is -2.86. The molecule has 2 bridgehead atoms. The largest absolute Gasteiger partial charge is 0.444 e. The predicted octanol–water partition coefficient (Wildman–Crippen LogP) is 5.79. The molecule has 0 saturated carbocycles. The molecule has 8 nitrogen and oxygen atoms in total. The number of amides is 1. The highest BCUT2D eigenvalue weighted by atomic mass is 32.1. The highest BCUT2D eigenvalue weighted by Gasteiger charge is 2.46. The average molecular weight is 525 g/mol. The topological polar surface area (TPSA) is 80.9 Å². The van der Waals surface area contributed by atoms with Crippen LogP contribution in [0.5, 0.6) is 0 Å². The number of nitrogens with zero attached hydrogens (tertiary/aromatic N) is 4. The zero-order valence-electron chi connectivity index (χ0n) is 20.3. The Morgan fingerprint density at radius 2 is 1.89 bits per heavy atom. The second kappa shape index (κ2) is 8.91. The molecule has 3 atom stereocenters. The maximum Gasteiger partial charge on any atom is 0.418 e. The maximum absolute atomic E-state index is 13.8. The third kappa shape index (κ3) is 4.52. The third-order valence-electron chi connectivity index (χ3n) is 6.40. The van der Waals surface area contributed by atoms with Crippen LogP contribution in [0.4, 0.5) is 24.0 Å². The van der Waals surface area contributed by atoms with Crippen molar-refractivity contribution < 1.29 is 31.9 Å². The normalized spacial score (nSPS) is 21.3. The SMILES string of the molecule is COC(c1ccc(-c2nccs2)c2oc(N3CC4CCC(C3)N4C(=O)OC(C)(C)C)nc12)C(F)(F)F. The highest BCUT2D eigenvalue weighted by molar-refractivity contribution is 7.13. The van der Waals surface area contributed by atoms with E-state index in [0.717, 1.165) is 20.0 Å².